The molecule has 2 aromatic heterocycles. The number of ether oxygens (including phenoxy) is 1. The molecule has 2 rings (SSSR count). The van der Waals surface area contributed by atoms with Crippen molar-refractivity contribution in [3.05, 3.63) is 29.5 Å². The molecule has 21 heavy (non-hydrogen) atoms. The summed E-state index contributed by atoms with van der Waals surface area (Å²) in [5, 5.41) is 6.83. The van der Waals surface area contributed by atoms with Crippen LogP contribution >= 0.6 is 0 Å². The number of aryl methyl sites for hydroxylation is 1. The van der Waals surface area contributed by atoms with E-state index < -0.39 is 5.97 Å². The van der Waals surface area contributed by atoms with E-state index in [0.717, 1.165) is 0 Å². The number of pyridine rings is 1. The Balaban J connectivity index is 2.00. The Bertz CT molecular complexity index is 626. The van der Waals surface area contributed by atoms with Gasteiger partial charge in [0.05, 0.1) is 17.9 Å². The van der Waals surface area contributed by atoms with Gasteiger partial charge in [-0.05, 0) is 13.0 Å². The van der Waals surface area contributed by atoms with Crippen LogP contribution in [-0.2, 0) is 11.2 Å². The number of aromatic nitrogens is 3. The van der Waals surface area contributed by atoms with Crippen LogP contribution in [0.25, 0.3) is 0 Å². The number of carbonyl (C=O) groups is 1. The zero-order valence-corrected chi connectivity index (χ0v) is 11.9. The number of anilines is 2. The highest BCUT2D eigenvalue weighted by atomic mass is 16.5. The molecule has 0 aliphatic carbocycles. The lowest BCUT2D eigenvalue weighted by Gasteiger charge is -2.10. The number of esters is 1. The summed E-state index contributed by atoms with van der Waals surface area (Å²) in [5.74, 6) is 1.09. The SMILES string of the molecule is CCOC(=O)c1ccnc(NCCc2noc(C)n2)c1N. The van der Waals surface area contributed by atoms with Gasteiger partial charge in [-0.1, -0.05) is 5.16 Å². The normalized spacial score (nSPS) is 10.4. The van der Waals surface area contributed by atoms with Crippen molar-refractivity contribution >= 4 is 17.5 Å². The predicted octanol–water partition coefficient (Wildman–Crippen LogP) is 1.19. The quantitative estimate of drug-likeness (QED) is 0.762. The van der Waals surface area contributed by atoms with E-state index in [1.807, 2.05) is 0 Å². The van der Waals surface area contributed by atoms with Crippen molar-refractivity contribution in [1.82, 2.24) is 15.1 Å². The lowest BCUT2D eigenvalue weighted by Crippen LogP contribution is -2.13. The molecule has 0 saturated heterocycles. The summed E-state index contributed by atoms with van der Waals surface area (Å²) >= 11 is 0. The molecule has 0 radical (unpaired) electrons. The lowest BCUT2D eigenvalue weighted by molar-refractivity contribution is 0.0527. The number of nitrogens with two attached hydrogens (primary N) is 1. The summed E-state index contributed by atoms with van der Waals surface area (Å²) in [6.45, 7) is 4.27. The van der Waals surface area contributed by atoms with E-state index in [2.05, 4.69) is 20.4 Å². The first-order valence-electron chi connectivity index (χ1n) is 6.56. The molecule has 0 aromatic carbocycles. The zero-order valence-electron chi connectivity index (χ0n) is 11.9. The minimum Gasteiger partial charge on any atom is -0.462 e. The second-order valence-electron chi connectivity index (χ2n) is 4.25. The molecule has 3 N–H and O–H groups in total. The third kappa shape index (κ3) is 3.68. The number of rotatable bonds is 6. The summed E-state index contributed by atoms with van der Waals surface area (Å²) in [6, 6.07) is 1.53. The van der Waals surface area contributed by atoms with E-state index in [0.29, 0.717) is 42.7 Å². The highest BCUT2D eigenvalue weighted by molar-refractivity contribution is 5.97. The number of hydrogen-bond donors (Lipinski definition) is 2. The molecule has 0 spiro atoms. The molecule has 0 amide bonds. The second kappa shape index (κ2) is 6.69. The van der Waals surface area contributed by atoms with Gasteiger partial charge >= 0.3 is 5.97 Å². The van der Waals surface area contributed by atoms with Gasteiger partial charge in [0.15, 0.2) is 5.82 Å². The molecule has 0 bridgehead atoms. The van der Waals surface area contributed by atoms with Gasteiger partial charge in [0.1, 0.15) is 5.82 Å². The van der Waals surface area contributed by atoms with Gasteiger partial charge in [0.25, 0.3) is 0 Å². The Morgan fingerprint density at radius 2 is 2.33 bits per heavy atom. The Hall–Kier alpha value is -2.64. The van der Waals surface area contributed by atoms with Crippen LogP contribution in [0.5, 0.6) is 0 Å². The molecule has 2 heterocycles. The predicted molar refractivity (Wildman–Crippen MR) is 75.8 cm³/mol. The Morgan fingerprint density at radius 1 is 1.52 bits per heavy atom. The first kappa shape index (κ1) is 14.8. The third-order valence-corrected chi connectivity index (χ3v) is 2.70. The topological polar surface area (TPSA) is 116 Å². The van der Waals surface area contributed by atoms with Crippen LogP contribution in [0.4, 0.5) is 11.5 Å². The average Bonchev–Trinajstić information content (AvgIpc) is 2.86. The van der Waals surface area contributed by atoms with E-state index in [1.165, 1.54) is 12.3 Å². The Kier molecular flexibility index (Phi) is 4.70. The standard InChI is InChI=1S/C13H17N5O3/c1-3-20-13(19)9-4-6-15-12(11(9)14)16-7-5-10-17-8(2)21-18-10/h4,6H,3,5,7,14H2,1-2H3,(H,15,16). The van der Waals surface area contributed by atoms with E-state index in [9.17, 15) is 4.79 Å². The molecule has 0 unspecified atom stereocenters. The average molecular weight is 291 g/mol. The molecule has 0 atom stereocenters. The number of nitrogens with one attached hydrogen (secondary N) is 1. The Morgan fingerprint density at radius 3 is 3.00 bits per heavy atom. The molecule has 0 fully saturated rings. The summed E-state index contributed by atoms with van der Waals surface area (Å²) < 4.78 is 9.81. The van der Waals surface area contributed by atoms with Gasteiger partial charge < -0.3 is 20.3 Å². The summed E-state index contributed by atoms with van der Waals surface area (Å²) in [5.41, 5.74) is 6.48. The number of carbonyl (C=O) groups excluding carboxylic acids is 1. The molecule has 8 heteroatoms. The number of hydrogen-bond acceptors (Lipinski definition) is 8. The number of nitrogens with zero attached hydrogens (tertiary/aromatic N) is 3. The highest BCUT2D eigenvalue weighted by Gasteiger charge is 2.14. The Labute approximate surface area is 121 Å². The fourth-order valence-electron chi connectivity index (χ4n) is 1.74. The van der Waals surface area contributed by atoms with Crippen molar-refractivity contribution in [3.8, 4) is 0 Å². The van der Waals surface area contributed by atoms with E-state index in [-0.39, 0.29) is 5.69 Å². The van der Waals surface area contributed by atoms with E-state index in [4.69, 9.17) is 15.0 Å². The molecular weight excluding hydrogens is 274 g/mol. The van der Waals surface area contributed by atoms with Gasteiger partial charge in [0.2, 0.25) is 5.89 Å². The molecule has 8 nitrogen and oxygen atoms in total. The van der Waals surface area contributed by atoms with Crippen molar-refractivity contribution in [2.75, 3.05) is 24.2 Å². The maximum atomic E-state index is 11.7. The van der Waals surface area contributed by atoms with Crippen molar-refractivity contribution in [2.24, 2.45) is 0 Å². The van der Waals surface area contributed by atoms with Crippen molar-refractivity contribution < 1.29 is 14.1 Å². The summed E-state index contributed by atoms with van der Waals surface area (Å²) in [6.07, 6.45) is 2.06. The van der Waals surface area contributed by atoms with Crippen LogP contribution < -0.4 is 11.1 Å². The first-order valence-corrected chi connectivity index (χ1v) is 6.56. The van der Waals surface area contributed by atoms with Crippen LogP contribution in [0.2, 0.25) is 0 Å². The van der Waals surface area contributed by atoms with Gasteiger partial charge in [-0.25, -0.2) is 9.78 Å². The maximum absolute atomic E-state index is 11.7. The maximum Gasteiger partial charge on any atom is 0.340 e. The summed E-state index contributed by atoms with van der Waals surface area (Å²) in [4.78, 5) is 19.9. The smallest absolute Gasteiger partial charge is 0.340 e. The van der Waals surface area contributed by atoms with Crippen LogP contribution in [0.15, 0.2) is 16.8 Å². The van der Waals surface area contributed by atoms with E-state index in [1.54, 1.807) is 13.8 Å². The molecule has 0 aliphatic heterocycles. The largest absolute Gasteiger partial charge is 0.462 e. The minimum atomic E-state index is -0.464. The third-order valence-electron chi connectivity index (χ3n) is 2.70. The second-order valence-corrected chi connectivity index (χ2v) is 4.25. The van der Waals surface area contributed by atoms with Crippen molar-refractivity contribution in [3.63, 3.8) is 0 Å². The van der Waals surface area contributed by atoms with Gasteiger partial charge in [0, 0.05) is 26.1 Å². The minimum absolute atomic E-state index is 0.264. The molecule has 0 saturated carbocycles. The zero-order chi connectivity index (χ0) is 15.2. The highest BCUT2D eigenvalue weighted by Crippen LogP contribution is 2.20. The van der Waals surface area contributed by atoms with Crippen LogP contribution in [0.3, 0.4) is 0 Å². The van der Waals surface area contributed by atoms with Gasteiger partial charge in [-0.3, -0.25) is 0 Å². The van der Waals surface area contributed by atoms with Crippen LogP contribution in [-0.4, -0.2) is 34.2 Å². The first-order chi connectivity index (χ1) is 10.1. The van der Waals surface area contributed by atoms with Crippen molar-refractivity contribution in [1.29, 1.82) is 0 Å². The van der Waals surface area contributed by atoms with E-state index >= 15 is 0 Å². The monoisotopic (exact) mass is 291 g/mol. The number of nitrogen functional groups attached to an aromatic ring is 1. The fourth-order valence-corrected chi connectivity index (χ4v) is 1.74. The summed E-state index contributed by atoms with van der Waals surface area (Å²) in [7, 11) is 0. The molecular formula is C13H17N5O3. The van der Waals surface area contributed by atoms with Crippen molar-refractivity contribution in [2.45, 2.75) is 20.3 Å². The molecule has 2 aromatic rings. The fraction of sp³-hybridized carbons (Fsp3) is 0.385. The van der Waals surface area contributed by atoms with Gasteiger partial charge in [-0.2, -0.15) is 4.98 Å². The van der Waals surface area contributed by atoms with Gasteiger partial charge in [-0.15, -0.1) is 0 Å². The lowest BCUT2D eigenvalue weighted by atomic mass is 10.2. The molecule has 0 aliphatic rings. The van der Waals surface area contributed by atoms with Crippen LogP contribution in [0, 0.1) is 6.92 Å². The van der Waals surface area contributed by atoms with Crippen LogP contribution in [0.1, 0.15) is 29.0 Å². The molecule has 112 valence electrons.